The number of hydrogen-bond donors (Lipinski definition) is 0. The summed E-state index contributed by atoms with van der Waals surface area (Å²) in [4.78, 5) is 2.96. The normalized spacial score (nSPS) is 13.9. The Morgan fingerprint density at radius 2 is 1.67 bits per heavy atom. The molecule has 0 spiro atoms. The molecule has 0 unspecified atom stereocenters. The summed E-state index contributed by atoms with van der Waals surface area (Å²) < 4.78 is 73.8. The summed E-state index contributed by atoms with van der Waals surface area (Å²) >= 11 is 4.87. The van der Waals surface area contributed by atoms with Crippen LogP contribution in [0.2, 0.25) is 0 Å². The number of nitrogens with zero attached hydrogens (tertiary/aromatic N) is 1. The zero-order valence-corrected chi connectivity index (χ0v) is 9.58. The minimum Gasteiger partial charge on any atom is -0.232 e. The first-order chi connectivity index (χ1) is 8.03. The summed E-state index contributed by atoms with van der Waals surface area (Å²) in [5, 5.41) is -1.72. The third-order valence-electron chi connectivity index (χ3n) is 2.06. The highest BCUT2D eigenvalue weighted by molar-refractivity contribution is 6.67. The second kappa shape index (κ2) is 4.79. The molecule has 1 nitrogen and oxygen atoms in total. The first-order valence-corrected chi connectivity index (χ1v) is 4.89. The first kappa shape index (κ1) is 14.8. The van der Waals surface area contributed by atoms with Crippen molar-refractivity contribution in [1.29, 1.82) is 0 Å². The highest BCUT2D eigenvalue weighted by Crippen LogP contribution is 2.36. The van der Waals surface area contributed by atoms with Crippen LogP contribution in [0.3, 0.4) is 0 Å². The Morgan fingerprint density at radius 3 is 2.11 bits per heavy atom. The van der Waals surface area contributed by atoms with Crippen LogP contribution in [0.25, 0.3) is 0 Å². The SMILES string of the molecule is Cc1c(N=C(Cl)C(F)(F)F)cccc1C(F)(F)F. The maximum Gasteiger partial charge on any atom is 0.444 e. The van der Waals surface area contributed by atoms with Gasteiger partial charge in [-0.1, -0.05) is 17.7 Å². The third-order valence-corrected chi connectivity index (χ3v) is 2.36. The molecule has 0 amide bonds. The molecule has 0 N–H and O–H groups in total. The van der Waals surface area contributed by atoms with Gasteiger partial charge in [0.1, 0.15) is 0 Å². The minimum absolute atomic E-state index is 0.410. The van der Waals surface area contributed by atoms with Crippen molar-refractivity contribution >= 4 is 22.5 Å². The third kappa shape index (κ3) is 3.38. The van der Waals surface area contributed by atoms with Crippen LogP contribution in [0, 0.1) is 6.92 Å². The molecule has 0 aliphatic rings. The van der Waals surface area contributed by atoms with E-state index in [1.807, 2.05) is 0 Å². The van der Waals surface area contributed by atoms with Crippen molar-refractivity contribution in [3.05, 3.63) is 29.3 Å². The molecule has 1 rings (SSSR count). The van der Waals surface area contributed by atoms with Crippen molar-refractivity contribution in [2.75, 3.05) is 0 Å². The standard InChI is InChI=1S/C10H6ClF6N/c1-5-6(9(12,13)14)3-2-4-7(5)18-8(11)10(15,16)17/h2-4H,1H3. The molecule has 1 aromatic rings. The van der Waals surface area contributed by atoms with E-state index < -0.39 is 34.3 Å². The van der Waals surface area contributed by atoms with Gasteiger partial charge in [-0.2, -0.15) is 26.3 Å². The van der Waals surface area contributed by atoms with E-state index in [1.165, 1.54) is 0 Å². The fraction of sp³-hybridized carbons (Fsp3) is 0.300. The summed E-state index contributed by atoms with van der Waals surface area (Å²) in [6.07, 6.45) is -9.54. The van der Waals surface area contributed by atoms with Gasteiger partial charge in [0.2, 0.25) is 5.17 Å². The van der Waals surface area contributed by atoms with Crippen molar-refractivity contribution in [2.24, 2.45) is 4.99 Å². The molecule has 8 heteroatoms. The molecule has 0 aromatic heterocycles. The van der Waals surface area contributed by atoms with Crippen molar-refractivity contribution in [3.8, 4) is 0 Å². The van der Waals surface area contributed by atoms with E-state index in [-0.39, 0.29) is 0 Å². The maximum atomic E-state index is 12.5. The fourth-order valence-electron chi connectivity index (χ4n) is 1.22. The molecule has 0 fully saturated rings. The van der Waals surface area contributed by atoms with E-state index in [1.54, 1.807) is 0 Å². The number of rotatable bonds is 1. The van der Waals surface area contributed by atoms with E-state index >= 15 is 0 Å². The number of aliphatic imine (C=N–C) groups is 1. The number of halogens is 7. The van der Waals surface area contributed by atoms with Gasteiger partial charge in [0.15, 0.2) is 0 Å². The Balaban J connectivity index is 3.30. The van der Waals surface area contributed by atoms with Gasteiger partial charge in [0.05, 0.1) is 11.3 Å². The number of benzene rings is 1. The van der Waals surface area contributed by atoms with E-state index in [4.69, 9.17) is 11.6 Å². The van der Waals surface area contributed by atoms with Gasteiger partial charge in [-0.05, 0) is 24.6 Å². The average molecular weight is 290 g/mol. The Labute approximate surface area is 103 Å². The Hall–Kier alpha value is -1.24. The van der Waals surface area contributed by atoms with Gasteiger partial charge in [0, 0.05) is 0 Å². The van der Waals surface area contributed by atoms with Crippen LogP contribution >= 0.6 is 11.6 Å². The highest BCUT2D eigenvalue weighted by Gasteiger charge is 2.36. The molecule has 0 aliphatic heterocycles. The second-order valence-electron chi connectivity index (χ2n) is 3.35. The average Bonchev–Trinajstić information content (AvgIpc) is 2.17. The zero-order valence-electron chi connectivity index (χ0n) is 8.83. The quantitative estimate of drug-likeness (QED) is 0.518. The minimum atomic E-state index is -4.89. The number of hydrogen-bond acceptors (Lipinski definition) is 1. The largest absolute Gasteiger partial charge is 0.444 e. The van der Waals surface area contributed by atoms with Crippen LogP contribution in [0.15, 0.2) is 23.2 Å². The monoisotopic (exact) mass is 289 g/mol. The molecule has 0 saturated heterocycles. The van der Waals surface area contributed by atoms with Crippen LogP contribution in [0.1, 0.15) is 11.1 Å². The van der Waals surface area contributed by atoms with Crippen molar-refractivity contribution in [1.82, 2.24) is 0 Å². The summed E-state index contributed by atoms with van der Waals surface area (Å²) in [5.41, 5.74) is -1.92. The lowest BCUT2D eigenvalue weighted by molar-refractivity contribution is -0.138. The number of alkyl halides is 6. The van der Waals surface area contributed by atoms with Gasteiger partial charge in [-0.3, -0.25) is 0 Å². The molecule has 0 saturated carbocycles. The smallest absolute Gasteiger partial charge is 0.232 e. The molecule has 100 valence electrons. The van der Waals surface area contributed by atoms with E-state index in [0.29, 0.717) is 0 Å². The highest BCUT2D eigenvalue weighted by atomic mass is 35.5. The lowest BCUT2D eigenvalue weighted by Gasteiger charge is -2.12. The van der Waals surface area contributed by atoms with Crippen LogP contribution in [-0.4, -0.2) is 11.3 Å². The zero-order chi connectivity index (χ0) is 14.1. The molecule has 18 heavy (non-hydrogen) atoms. The maximum absolute atomic E-state index is 12.5. The van der Waals surface area contributed by atoms with Crippen molar-refractivity contribution in [2.45, 2.75) is 19.3 Å². The molecular formula is C10H6ClF6N. The molecule has 0 heterocycles. The van der Waals surface area contributed by atoms with E-state index in [0.717, 1.165) is 25.1 Å². The van der Waals surface area contributed by atoms with Crippen molar-refractivity contribution < 1.29 is 26.3 Å². The van der Waals surface area contributed by atoms with E-state index in [2.05, 4.69) is 4.99 Å². The van der Waals surface area contributed by atoms with Crippen LogP contribution < -0.4 is 0 Å². The fourth-order valence-corrected chi connectivity index (χ4v) is 1.31. The Morgan fingerprint density at radius 1 is 1.11 bits per heavy atom. The summed E-state index contributed by atoms with van der Waals surface area (Å²) in [6.45, 7) is 1.03. The lowest BCUT2D eigenvalue weighted by Crippen LogP contribution is -2.16. The van der Waals surface area contributed by atoms with Crippen molar-refractivity contribution in [3.63, 3.8) is 0 Å². The topological polar surface area (TPSA) is 12.4 Å². The molecule has 0 aliphatic carbocycles. The lowest BCUT2D eigenvalue weighted by atomic mass is 10.1. The molecule has 0 radical (unpaired) electrons. The van der Waals surface area contributed by atoms with E-state index in [9.17, 15) is 26.3 Å². The predicted octanol–water partition coefficient (Wildman–Crippen LogP) is 4.84. The second-order valence-corrected chi connectivity index (χ2v) is 3.71. The molecule has 0 atom stereocenters. The van der Waals surface area contributed by atoms with Gasteiger partial charge < -0.3 is 0 Å². The van der Waals surface area contributed by atoms with Gasteiger partial charge in [0.25, 0.3) is 0 Å². The van der Waals surface area contributed by atoms with Crippen LogP contribution in [-0.2, 0) is 6.18 Å². The first-order valence-electron chi connectivity index (χ1n) is 4.51. The van der Waals surface area contributed by atoms with Crippen LogP contribution in [0.4, 0.5) is 32.0 Å². The van der Waals surface area contributed by atoms with Gasteiger partial charge in [-0.25, -0.2) is 4.99 Å². The molecule has 1 aromatic carbocycles. The summed E-state index contributed by atoms with van der Waals surface area (Å²) in [7, 11) is 0. The van der Waals surface area contributed by atoms with Crippen LogP contribution in [0.5, 0.6) is 0 Å². The molecule has 0 bridgehead atoms. The molecular weight excluding hydrogens is 284 g/mol. The Bertz CT molecular complexity index is 474. The predicted molar refractivity (Wildman–Crippen MR) is 55.2 cm³/mol. The summed E-state index contributed by atoms with van der Waals surface area (Å²) in [6, 6.07) is 2.75. The van der Waals surface area contributed by atoms with Gasteiger partial charge in [-0.15, -0.1) is 0 Å². The summed E-state index contributed by atoms with van der Waals surface area (Å²) in [5.74, 6) is 0. The Kier molecular flexibility index (Phi) is 3.95. The van der Waals surface area contributed by atoms with Gasteiger partial charge >= 0.3 is 12.4 Å².